The number of fused-ring (bicyclic) bond motifs is 1. The average molecular weight is 452 g/mol. The van der Waals surface area contributed by atoms with E-state index in [0.29, 0.717) is 15.8 Å². The zero-order valence-corrected chi connectivity index (χ0v) is 18.4. The number of benzene rings is 1. The molecule has 0 aliphatic carbocycles. The Morgan fingerprint density at radius 2 is 2.07 bits per heavy atom. The maximum absolute atomic E-state index is 13.3. The number of nitrogens with one attached hydrogen (secondary N) is 1. The van der Waals surface area contributed by atoms with Gasteiger partial charge in [0.2, 0.25) is 0 Å². The topological polar surface area (TPSA) is 66.1 Å². The second-order valence-corrected chi connectivity index (χ2v) is 10.9. The summed E-state index contributed by atoms with van der Waals surface area (Å²) >= 11 is 8.64. The van der Waals surface area contributed by atoms with Crippen LogP contribution in [0.25, 0.3) is 21.6 Å². The van der Waals surface area contributed by atoms with E-state index in [9.17, 15) is 8.42 Å². The molecule has 0 amide bonds. The number of thiazole rings is 1. The molecule has 9 heteroatoms. The number of nitrogens with zero attached hydrogens (tertiary/aromatic N) is 2. The Balaban J connectivity index is 1.87. The molecule has 0 aliphatic rings. The fourth-order valence-electron chi connectivity index (χ4n) is 3.13. The fourth-order valence-corrected chi connectivity index (χ4v) is 6.84. The number of aromatic amines is 1. The van der Waals surface area contributed by atoms with Gasteiger partial charge in [0, 0.05) is 22.5 Å². The number of hydrogen-bond donors (Lipinski definition) is 1. The zero-order chi connectivity index (χ0) is 19.9. The number of sulfonamides is 1. The second-order valence-electron chi connectivity index (χ2n) is 6.52. The first kappa shape index (κ1) is 19.4. The molecule has 0 saturated heterocycles. The minimum Gasteiger partial charge on any atom is -0.351 e. The molecule has 1 aromatic carbocycles. The highest BCUT2D eigenvalue weighted by molar-refractivity contribution is 7.94. The number of hydrogen-bond acceptors (Lipinski definition) is 5. The molecule has 0 saturated carbocycles. The fraction of sp³-hybridized carbons (Fsp3) is 0.211. The van der Waals surface area contributed by atoms with Gasteiger partial charge in [0.05, 0.1) is 22.8 Å². The second kappa shape index (κ2) is 7.51. The lowest BCUT2D eigenvalue weighted by Gasteiger charge is -2.28. The van der Waals surface area contributed by atoms with Crippen LogP contribution in [0.3, 0.4) is 0 Å². The van der Waals surface area contributed by atoms with Gasteiger partial charge in [-0.3, -0.25) is 4.31 Å². The van der Waals surface area contributed by atoms with Crippen LogP contribution in [0.1, 0.15) is 18.7 Å². The Morgan fingerprint density at radius 1 is 1.25 bits per heavy atom. The molecule has 0 radical (unpaired) electrons. The highest BCUT2D eigenvalue weighted by Gasteiger charge is 2.30. The maximum atomic E-state index is 13.3. The number of rotatable bonds is 6. The molecule has 0 aliphatic heterocycles. The summed E-state index contributed by atoms with van der Waals surface area (Å²) in [5.41, 5.74) is 2.25. The summed E-state index contributed by atoms with van der Waals surface area (Å²) in [6, 6.07) is 10.8. The van der Waals surface area contributed by atoms with Gasteiger partial charge in [0.1, 0.15) is 9.22 Å². The molecule has 3 heterocycles. The van der Waals surface area contributed by atoms with Crippen LogP contribution in [0, 0.1) is 0 Å². The van der Waals surface area contributed by atoms with Crippen molar-refractivity contribution < 1.29 is 8.42 Å². The predicted molar refractivity (Wildman–Crippen MR) is 118 cm³/mol. The molecule has 4 rings (SSSR count). The maximum Gasteiger partial charge on any atom is 0.274 e. The molecule has 3 aromatic heterocycles. The minimum absolute atomic E-state index is 0.243. The van der Waals surface area contributed by atoms with Crippen molar-refractivity contribution in [1.29, 1.82) is 0 Å². The van der Waals surface area contributed by atoms with Gasteiger partial charge in [-0.1, -0.05) is 18.2 Å². The van der Waals surface area contributed by atoms with Gasteiger partial charge in [0.25, 0.3) is 10.0 Å². The monoisotopic (exact) mass is 451 g/mol. The Morgan fingerprint density at radius 3 is 2.71 bits per heavy atom. The third-order valence-electron chi connectivity index (χ3n) is 4.26. The quantitative estimate of drug-likeness (QED) is 0.382. The summed E-state index contributed by atoms with van der Waals surface area (Å²) in [7, 11) is -3.66. The van der Waals surface area contributed by atoms with Crippen LogP contribution in [0.15, 0.2) is 52.2 Å². The zero-order valence-electron chi connectivity index (χ0n) is 15.2. The van der Waals surface area contributed by atoms with Gasteiger partial charge in [-0.25, -0.2) is 13.4 Å². The van der Waals surface area contributed by atoms with Gasteiger partial charge < -0.3 is 4.98 Å². The van der Waals surface area contributed by atoms with Crippen LogP contribution < -0.4 is 4.31 Å². The van der Waals surface area contributed by atoms with Crippen LogP contribution in [0.4, 0.5) is 5.69 Å². The molecule has 1 N–H and O–H groups in total. The van der Waals surface area contributed by atoms with Crippen LogP contribution in [-0.2, 0) is 15.9 Å². The van der Waals surface area contributed by atoms with Crippen LogP contribution in [-0.4, -0.2) is 24.4 Å². The highest BCUT2D eigenvalue weighted by atomic mass is 35.5. The van der Waals surface area contributed by atoms with Crippen LogP contribution >= 0.6 is 34.3 Å². The van der Waals surface area contributed by atoms with Crippen molar-refractivity contribution in [1.82, 2.24) is 9.97 Å². The molecule has 146 valence electrons. The Kier molecular flexibility index (Phi) is 5.22. The van der Waals surface area contributed by atoms with Crippen molar-refractivity contribution in [2.45, 2.75) is 30.0 Å². The summed E-state index contributed by atoms with van der Waals surface area (Å²) in [5.74, 6) is 0.420. The number of halogens is 1. The summed E-state index contributed by atoms with van der Waals surface area (Å²) in [4.78, 5) is 8.78. The van der Waals surface area contributed by atoms with Gasteiger partial charge in [-0.05, 0) is 37.4 Å². The molecule has 0 spiro atoms. The normalized spacial score (nSPS) is 12.1. The lowest BCUT2D eigenvalue weighted by Crippen LogP contribution is -2.36. The van der Waals surface area contributed by atoms with E-state index < -0.39 is 10.0 Å². The first-order valence-electron chi connectivity index (χ1n) is 8.62. The van der Waals surface area contributed by atoms with Crippen molar-refractivity contribution in [3.63, 3.8) is 0 Å². The van der Waals surface area contributed by atoms with E-state index in [4.69, 9.17) is 11.6 Å². The number of anilines is 1. The first-order chi connectivity index (χ1) is 13.4. The molecule has 0 bridgehead atoms. The average Bonchev–Trinajstić information content (AvgIpc) is 3.40. The minimum atomic E-state index is -3.66. The number of para-hydroxylation sites is 1. The Bertz CT molecular complexity index is 1210. The van der Waals surface area contributed by atoms with Gasteiger partial charge in [0.15, 0.2) is 0 Å². The van der Waals surface area contributed by atoms with Crippen LogP contribution in [0.2, 0.25) is 0 Å². The molecule has 4 aromatic rings. The lowest BCUT2D eigenvalue weighted by atomic mass is 10.2. The van der Waals surface area contributed by atoms with E-state index in [-0.39, 0.29) is 6.04 Å². The third-order valence-corrected chi connectivity index (χ3v) is 9.10. The molecule has 0 atom stereocenters. The standard InChI is InChI=1S/C19H18ClN3O2S3/c1-12(2)23(28(24,25)17-7-4-8-26-17)16-6-3-5-13-9-15(22-18(13)16)19-21-11-14(10-20)27-19/h3-9,11-12,22H,10H2,1-2H3. The summed E-state index contributed by atoms with van der Waals surface area (Å²) < 4.78 is 28.4. The van der Waals surface area contributed by atoms with Crippen molar-refractivity contribution in [2.75, 3.05) is 4.31 Å². The van der Waals surface area contributed by atoms with E-state index in [1.807, 2.05) is 38.1 Å². The van der Waals surface area contributed by atoms with E-state index in [1.54, 1.807) is 23.7 Å². The van der Waals surface area contributed by atoms with Crippen molar-refractivity contribution in [3.05, 3.63) is 52.9 Å². The Hall–Kier alpha value is -1.87. The summed E-state index contributed by atoms with van der Waals surface area (Å²) in [6.07, 6.45) is 1.76. The molecule has 0 unspecified atom stereocenters. The molecule has 28 heavy (non-hydrogen) atoms. The van der Waals surface area contributed by atoms with E-state index in [0.717, 1.165) is 26.5 Å². The predicted octanol–water partition coefficient (Wildman–Crippen LogP) is 5.70. The molecule has 0 fully saturated rings. The smallest absolute Gasteiger partial charge is 0.274 e. The number of H-pyrrole nitrogens is 1. The van der Waals surface area contributed by atoms with Crippen molar-refractivity contribution >= 4 is 60.9 Å². The van der Waals surface area contributed by atoms with Gasteiger partial charge in [-0.15, -0.1) is 34.3 Å². The van der Waals surface area contributed by atoms with Gasteiger partial charge in [-0.2, -0.15) is 0 Å². The largest absolute Gasteiger partial charge is 0.351 e. The van der Waals surface area contributed by atoms with Gasteiger partial charge >= 0.3 is 0 Å². The van der Waals surface area contributed by atoms with Crippen molar-refractivity contribution in [2.24, 2.45) is 0 Å². The molecular formula is C19H18ClN3O2S3. The summed E-state index contributed by atoms with van der Waals surface area (Å²) in [6.45, 7) is 3.75. The number of thiophene rings is 1. The number of aromatic nitrogens is 2. The van der Waals surface area contributed by atoms with E-state index in [2.05, 4.69) is 9.97 Å². The third kappa shape index (κ3) is 3.34. The SMILES string of the molecule is CC(C)N(c1cccc2cc(-c3ncc(CCl)s3)[nH]c12)S(=O)(=O)c1cccs1. The highest BCUT2D eigenvalue weighted by Crippen LogP contribution is 2.36. The molecule has 5 nitrogen and oxygen atoms in total. The summed E-state index contributed by atoms with van der Waals surface area (Å²) in [5, 5.41) is 3.53. The van der Waals surface area contributed by atoms with Crippen molar-refractivity contribution in [3.8, 4) is 10.7 Å². The van der Waals surface area contributed by atoms with E-state index in [1.165, 1.54) is 27.0 Å². The Labute approximate surface area is 176 Å². The van der Waals surface area contributed by atoms with Crippen LogP contribution in [0.5, 0.6) is 0 Å². The molecular weight excluding hydrogens is 434 g/mol. The number of alkyl halides is 1. The first-order valence-corrected chi connectivity index (χ1v) is 12.3. The van der Waals surface area contributed by atoms with E-state index >= 15 is 0 Å². The lowest BCUT2D eigenvalue weighted by molar-refractivity contribution is 0.586.